The number of aliphatic hydroxyl groups is 2. The molecule has 0 saturated heterocycles. The Morgan fingerprint density at radius 3 is 1.29 bits per heavy atom. The van der Waals surface area contributed by atoms with Gasteiger partial charge in [0.2, 0.25) is 0 Å². The molecule has 0 aliphatic carbocycles. The Kier molecular flexibility index (Phi) is 11.5. The number of rotatable bonds is 5. The van der Waals surface area contributed by atoms with Gasteiger partial charge in [0.25, 0.3) is 7.37 Å². The lowest BCUT2D eigenvalue weighted by molar-refractivity contribution is 0.0696. The van der Waals surface area contributed by atoms with Gasteiger partial charge in [-0.3, -0.25) is 4.57 Å². The summed E-state index contributed by atoms with van der Waals surface area (Å²) in [6.07, 6.45) is -0.278. The second-order valence-electron chi connectivity index (χ2n) is 6.85. The predicted molar refractivity (Wildman–Crippen MR) is 123 cm³/mol. The molecule has 31 heavy (non-hydrogen) atoms. The van der Waals surface area contributed by atoms with E-state index in [1.54, 1.807) is 92.7 Å². The zero-order valence-electron chi connectivity index (χ0n) is 17.6. The highest BCUT2D eigenvalue weighted by Gasteiger charge is 2.22. The molecule has 0 saturated carbocycles. The van der Waals surface area contributed by atoms with Crippen molar-refractivity contribution in [2.45, 2.75) is 32.5 Å². The molecule has 0 spiro atoms. The number of benzene rings is 3. The van der Waals surface area contributed by atoms with E-state index >= 15 is 0 Å². The Balaban J connectivity index is 0.000000257. The summed E-state index contributed by atoms with van der Waals surface area (Å²) in [5.41, 5.74) is 0.331. The number of hydrogen-bond acceptors (Lipinski definition) is 4. The summed E-state index contributed by atoms with van der Waals surface area (Å²) < 4.78 is 12.2. The molecule has 0 amide bonds. The molecule has 0 heterocycles. The van der Waals surface area contributed by atoms with E-state index in [2.05, 4.69) is 0 Å². The number of hydrogen-bond donors (Lipinski definition) is 4. The van der Waals surface area contributed by atoms with Crippen LogP contribution in [0.5, 0.6) is 0 Å². The second-order valence-corrected chi connectivity index (χ2v) is 9.04. The van der Waals surface area contributed by atoms with Crippen LogP contribution in [0.3, 0.4) is 0 Å². The van der Waals surface area contributed by atoms with Crippen LogP contribution in [0.25, 0.3) is 0 Å². The van der Waals surface area contributed by atoms with Gasteiger partial charge < -0.3 is 20.2 Å². The minimum Gasteiger partial charge on any atom is -0.478 e. The molecule has 0 aliphatic heterocycles. The van der Waals surface area contributed by atoms with Crippen molar-refractivity contribution in [3.63, 3.8) is 0 Å². The van der Waals surface area contributed by atoms with Gasteiger partial charge in [-0.05, 0) is 56.7 Å². The fourth-order valence-corrected chi connectivity index (χ4v) is 3.93. The minimum atomic E-state index is -3.40. The van der Waals surface area contributed by atoms with Crippen LogP contribution in [0, 0.1) is 0 Å². The highest BCUT2D eigenvalue weighted by atomic mass is 31.2. The van der Waals surface area contributed by atoms with Crippen LogP contribution < -0.4 is 10.6 Å². The molecule has 0 aliphatic rings. The summed E-state index contributed by atoms with van der Waals surface area (Å²) in [6.45, 7) is 3.32. The van der Waals surface area contributed by atoms with E-state index in [-0.39, 0.29) is 12.2 Å². The maximum Gasteiger partial charge on any atom is 0.335 e. The van der Waals surface area contributed by atoms with E-state index in [0.717, 1.165) is 0 Å². The summed E-state index contributed by atoms with van der Waals surface area (Å²) in [4.78, 5) is 20.2. The molecule has 0 aromatic heterocycles. The summed E-state index contributed by atoms with van der Waals surface area (Å²) in [7, 11) is -3.40. The summed E-state index contributed by atoms with van der Waals surface area (Å²) in [6, 6.07) is 25.7. The largest absolute Gasteiger partial charge is 0.478 e. The van der Waals surface area contributed by atoms with Crippen LogP contribution in [0.15, 0.2) is 91.0 Å². The molecular formula is C24H29O6P. The van der Waals surface area contributed by atoms with Crippen molar-refractivity contribution in [1.29, 1.82) is 0 Å². The molecule has 3 aromatic carbocycles. The highest BCUT2D eigenvalue weighted by Crippen LogP contribution is 2.37. The van der Waals surface area contributed by atoms with Gasteiger partial charge in [0.15, 0.2) is 0 Å². The van der Waals surface area contributed by atoms with E-state index < -0.39 is 13.3 Å². The zero-order valence-corrected chi connectivity index (χ0v) is 18.5. The maximum atomic E-state index is 12.2. The lowest BCUT2D eigenvalue weighted by Crippen LogP contribution is -2.14. The van der Waals surface area contributed by atoms with Gasteiger partial charge in [0, 0.05) is 10.6 Å². The first kappa shape index (κ1) is 26.3. The average Bonchev–Trinajstić information content (AvgIpc) is 2.75. The van der Waals surface area contributed by atoms with Crippen LogP contribution in [0.4, 0.5) is 0 Å². The fourth-order valence-electron chi connectivity index (χ4n) is 2.48. The van der Waals surface area contributed by atoms with Crippen molar-refractivity contribution >= 4 is 23.9 Å². The van der Waals surface area contributed by atoms with E-state index in [1.165, 1.54) is 0 Å². The van der Waals surface area contributed by atoms with Crippen molar-refractivity contribution in [3.05, 3.63) is 96.6 Å². The first-order valence-corrected chi connectivity index (χ1v) is 11.4. The van der Waals surface area contributed by atoms with E-state index in [0.29, 0.717) is 22.6 Å². The summed E-state index contributed by atoms with van der Waals surface area (Å²) in [5.74, 6) is -0.879. The third-order valence-electron chi connectivity index (χ3n) is 3.92. The van der Waals surface area contributed by atoms with E-state index in [9.17, 15) is 14.3 Å². The number of carbonyl (C=O) groups is 1. The Morgan fingerprint density at radius 1 is 0.742 bits per heavy atom. The third kappa shape index (κ3) is 10.2. The van der Waals surface area contributed by atoms with Gasteiger partial charge in [-0.1, -0.05) is 54.6 Å². The molecule has 2 unspecified atom stereocenters. The van der Waals surface area contributed by atoms with Crippen LogP contribution in [-0.4, -0.2) is 38.4 Å². The molecule has 4 N–H and O–H groups in total. The second kappa shape index (κ2) is 13.5. The van der Waals surface area contributed by atoms with Crippen molar-refractivity contribution in [2.24, 2.45) is 0 Å². The quantitative estimate of drug-likeness (QED) is 0.448. The Morgan fingerprint density at radius 2 is 1.06 bits per heavy atom. The molecular weight excluding hydrogens is 415 g/mol. The van der Waals surface area contributed by atoms with Crippen LogP contribution in [0.2, 0.25) is 0 Å². The zero-order chi connectivity index (χ0) is 23.3. The minimum absolute atomic E-state index is 0.331. The summed E-state index contributed by atoms with van der Waals surface area (Å²) in [5, 5.41) is 26.4. The molecule has 2 atom stereocenters. The smallest absolute Gasteiger partial charge is 0.335 e. The standard InChI is InChI=1S/C12H11O2P.C7H6O2.C5H12O2/c13-15(14,11-7-3-1-4-8-11)12-9-5-2-6-10-12;8-7(9)6-4-2-1-3-5-6;1-4(6)3-5(2)7/h1-10H,(H,13,14);1-5H,(H,8,9);4-7H,3H2,1-2H3. The molecule has 6 nitrogen and oxygen atoms in total. The average molecular weight is 444 g/mol. The van der Waals surface area contributed by atoms with Crippen molar-refractivity contribution in [3.8, 4) is 0 Å². The number of aliphatic hydroxyl groups excluding tert-OH is 2. The number of aromatic carboxylic acids is 1. The van der Waals surface area contributed by atoms with E-state index in [4.69, 9.17) is 15.3 Å². The number of carboxylic acids is 1. The van der Waals surface area contributed by atoms with Crippen molar-refractivity contribution in [2.75, 3.05) is 0 Å². The lowest BCUT2D eigenvalue weighted by Gasteiger charge is -2.11. The van der Waals surface area contributed by atoms with Crippen LogP contribution >= 0.6 is 7.37 Å². The molecule has 0 radical (unpaired) electrons. The Hall–Kier alpha value is -2.76. The van der Waals surface area contributed by atoms with Crippen molar-refractivity contribution in [1.82, 2.24) is 0 Å². The molecule has 0 fully saturated rings. The first-order valence-electron chi connectivity index (χ1n) is 9.73. The predicted octanol–water partition coefficient (Wildman–Crippen LogP) is 3.43. The lowest BCUT2D eigenvalue weighted by atomic mass is 10.2. The number of carboxylic acid groups (broad SMARTS) is 1. The van der Waals surface area contributed by atoms with Gasteiger partial charge in [0.05, 0.1) is 17.8 Å². The third-order valence-corrected chi connectivity index (χ3v) is 5.91. The monoisotopic (exact) mass is 444 g/mol. The fraction of sp³-hybridized carbons (Fsp3) is 0.208. The molecule has 3 aromatic rings. The van der Waals surface area contributed by atoms with Gasteiger partial charge in [-0.25, -0.2) is 4.79 Å². The van der Waals surface area contributed by atoms with Crippen LogP contribution in [0.1, 0.15) is 30.6 Å². The normalized spacial score (nSPS) is 12.3. The van der Waals surface area contributed by atoms with E-state index in [1.807, 2.05) is 12.1 Å². The van der Waals surface area contributed by atoms with Crippen LogP contribution in [-0.2, 0) is 4.57 Å². The maximum absolute atomic E-state index is 12.2. The molecule has 3 rings (SSSR count). The first-order chi connectivity index (χ1) is 14.6. The molecule has 7 heteroatoms. The van der Waals surface area contributed by atoms with Gasteiger partial charge >= 0.3 is 5.97 Å². The Labute approximate surface area is 182 Å². The van der Waals surface area contributed by atoms with Gasteiger partial charge in [-0.2, -0.15) is 0 Å². The SMILES string of the molecule is CC(O)CC(C)O.O=C(O)c1ccccc1.O=P(O)(c1ccccc1)c1ccccc1. The van der Waals surface area contributed by atoms with Gasteiger partial charge in [0.1, 0.15) is 0 Å². The molecule has 166 valence electrons. The van der Waals surface area contributed by atoms with Crippen molar-refractivity contribution < 1.29 is 29.6 Å². The topological polar surface area (TPSA) is 115 Å². The molecule has 0 bridgehead atoms. The van der Waals surface area contributed by atoms with Gasteiger partial charge in [-0.15, -0.1) is 0 Å². The highest BCUT2D eigenvalue weighted by molar-refractivity contribution is 7.73. The Bertz CT molecular complexity index is 879. The summed E-state index contributed by atoms with van der Waals surface area (Å²) >= 11 is 0.